The van der Waals surface area contributed by atoms with Crippen molar-refractivity contribution in [2.75, 3.05) is 7.05 Å². The molecule has 0 radical (unpaired) electrons. The van der Waals surface area contributed by atoms with Gasteiger partial charge in [0.25, 0.3) is 0 Å². The van der Waals surface area contributed by atoms with Crippen molar-refractivity contribution in [2.24, 2.45) is 17.0 Å². The molecule has 0 amide bonds. The number of hydrogen-bond acceptors (Lipinski definition) is 5. The molecule has 0 aliphatic heterocycles. The summed E-state index contributed by atoms with van der Waals surface area (Å²) < 4.78 is 2.03. The number of aryl methyl sites for hydroxylation is 1. The molecule has 4 heterocycles. The molecule has 0 saturated heterocycles. The van der Waals surface area contributed by atoms with Gasteiger partial charge in [-0.05, 0) is 31.0 Å². The first-order chi connectivity index (χ1) is 13.1. The van der Waals surface area contributed by atoms with E-state index in [1.165, 1.54) is 11.3 Å². The summed E-state index contributed by atoms with van der Waals surface area (Å²) in [5, 5.41) is 2.17. The lowest BCUT2D eigenvalue weighted by Gasteiger charge is -2.07. The molecular formula is C19H15ClN6S. The van der Waals surface area contributed by atoms with Crippen LogP contribution < -0.4 is 0 Å². The fourth-order valence-corrected chi connectivity index (χ4v) is 4.13. The first-order valence-electron chi connectivity index (χ1n) is 8.09. The standard InChI is InChI=1S/C19H15ClN6S/c1-21-18(22-2)15-12-6-8-26(3)14(12)9-13(24-15)16-17(20)25-19(27-16)11-5-4-7-23-10-11/h4-10H,1H2,2-3H3. The molecule has 0 saturated carbocycles. The van der Waals surface area contributed by atoms with Crippen LogP contribution in [0.2, 0.25) is 5.15 Å². The Bertz CT molecular complexity index is 1180. The summed E-state index contributed by atoms with van der Waals surface area (Å²) in [5.41, 5.74) is 3.32. The fraction of sp³-hybridized carbons (Fsp3) is 0.105. The van der Waals surface area contributed by atoms with Crippen molar-refractivity contribution in [1.82, 2.24) is 19.5 Å². The van der Waals surface area contributed by atoms with Crippen molar-refractivity contribution in [2.45, 2.75) is 0 Å². The summed E-state index contributed by atoms with van der Waals surface area (Å²) >= 11 is 7.94. The maximum absolute atomic E-state index is 6.46. The van der Waals surface area contributed by atoms with E-state index in [0.29, 0.717) is 16.7 Å². The summed E-state index contributed by atoms with van der Waals surface area (Å²) in [6.07, 6.45) is 5.47. The second kappa shape index (κ2) is 7.02. The summed E-state index contributed by atoms with van der Waals surface area (Å²) in [7, 11) is 3.66. The highest BCUT2D eigenvalue weighted by molar-refractivity contribution is 7.19. The van der Waals surface area contributed by atoms with Gasteiger partial charge in [-0.1, -0.05) is 11.6 Å². The number of amidine groups is 1. The van der Waals surface area contributed by atoms with Gasteiger partial charge in [-0.3, -0.25) is 9.98 Å². The molecule has 0 unspecified atom stereocenters. The summed E-state index contributed by atoms with van der Waals surface area (Å²) in [5.74, 6) is 0.487. The molecule has 6 nitrogen and oxygen atoms in total. The maximum atomic E-state index is 6.46. The first kappa shape index (κ1) is 17.5. The summed E-state index contributed by atoms with van der Waals surface area (Å²) in [4.78, 5) is 22.4. The molecule has 0 aliphatic carbocycles. The monoisotopic (exact) mass is 394 g/mol. The molecular weight excluding hydrogens is 380 g/mol. The Kier molecular flexibility index (Phi) is 4.55. The average molecular weight is 395 g/mol. The van der Waals surface area contributed by atoms with E-state index in [-0.39, 0.29) is 0 Å². The van der Waals surface area contributed by atoms with Crippen LogP contribution in [0.25, 0.3) is 32.0 Å². The highest BCUT2D eigenvalue weighted by Crippen LogP contribution is 2.38. The average Bonchev–Trinajstić information content (AvgIpc) is 3.26. The molecule has 0 bridgehead atoms. The highest BCUT2D eigenvalue weighted by Gasteiger charge is 2.19. The van der Waals surface area contributed by atoms with E-state index in [4.69, 9.17) is 16.6 Å². The Hall–Kier alpha value is -2.90. The summed E-state index contributed by atoms with van der Waals surface area (Å²) in [6.45, 7) is 3.62. The zero-order valence-electron chi connectivity index (χ0n) is 14.7. The van der Waals surface area contributed by atoms with Crippen molar-refractivity contribution in [1.29, 1.82) is 0 Å². The second-order valence-electron chi connectivity index (χ2n) is 5.80. The maximum Gasteiger partial charge on any atom is 0.173 e. The molecule has 27 heavy (non-hydrogen) atoms. The van der Waals surface area contributed by atoms with Gasteiger partial charge in [0.1, 0.15) is 15.9 Å². The highest BCUT2D eigenvalue weighted by atomic mass is 35.5. The van der Waals surface area contributed by atoms with Crippen LogP contribution in [-0.2, 0) is 7.05 Å². The lowest BCUT2D eigenvalue weighted by molar-refractivity contribution is 0.968. The molecule has 0 fully saturated rings. The van der Waals surface area contributed by atoms with E-state index in [1.807, 2.05) is 42.1 Å². The Balaban J connectivity index is 1.94. The van der Waals surface area contributed by atoms with Gasteiger partial charge < -0.3 is 4.57 Å². The van der Waals surface area contributed by atoms with E-state index in [9.17, 15) is 0 Å². The van der Waals surface area contributed by atoms with E-state index in [0.717, 1.165) is 32.0 Å². The number of rotatable bonds is 3. The van der Waals surface area contributed by atoms with Gasteiger partial charge in [-0.15, -0.1) is 11.3 Å². The second-order valence-corrected chi connectivity index (χ2v) is 7.16. The summed E-state index contributed by atoms with van der Waals surface area (Å²) in [6, 6.07) is 7.82. The van der Waals surface area contributed by atoms with Crippen LogP contribution in [0.3, 0.4) is 0 Å². The van der Waals surface area contributed by atoms with Crippen LogP contribution in [0.15, 0.2) is 52.8 Å². The number of halogens is 1. The molecule has 4 rings (SSSR count). The predicted octanol–water partition coefficient (Wildman–Crippen LogP) is 4.49. The molecule has 0 atom stereocenters. The zero-order chi connectivity index (χ0) is 19.0. The van der Waals surface area contributed by atoms with Crippen LogP contribution in [0, 0.1) is 0 Å². The van der Waals surface area contributed by atoms with Crippen LogP contribution in [0.5, 0.6) is 0 Å². The van der Waals surface area contributed by atoms with Gasteiger partial charge in [0.15, 0.2) is 5.84 Å². The Morgan fingerprint density at radius 3 is 2.85 bits per heavy atom. The smallest absolute Gasteiger partial charge is 0.173 e. The molecule has 0 aromatic carbocycles. The van der Waals surface area contributed by atoms with Crippen molar-refractivity contribution >= 4 is 46.4 Å². The number of aliphatic imine (C=N–C) groups is 2. The number of thiazole rings is 1. The van der Waals surface area contributed by atoms with Crippen molar-refractivity contribution < 1.29 is 0 Å². The third-order valence-corrected chi connectivity index (χ3v) is 5.69. The van der Waals surface area contributed by atoms with E-state index >= 15 is 0 Å². The topological polar surface area (TPSA) is 68.3 Å². The molecule has 4 aromatic rings. The Morgan fingerprint density at radius 2 is 2.15 bits per heavy atom. The van der Waals surface area contributed by atoms with Gasteiger partial charge in [0.2, 0.25) is 0 Å². The lowest BCUT2D eigenvalue weighted by atomic mass is 10.2. The van der Waals surface area contributed by atoms with Crippen LogP contribution >= 0.6 is 22.9 Å². The number of hydrogen-bond donors (Lipinski definition) is 0. The number of fused-ring (bicyclic) bond motifs is 1. The van der Waals surface area contributed by atoms with E-state index in [2.05, 4.69) is 26.7 Å². The van der Waals surface area contributed by atoms with Gasteiger partial charge in [0, 0.05) is 43.6 Å². The van der Waals surface area contributed by atoms with Gasteiger partial charge in [-0.2, -0.15) is 0 Å². The fourth-order valence-electron chi connectivity index (χ4n) is 2.87. The quantitative estimate of drug-likeness (QED) is 0.379. The third kappa shape index (κ3) is 3.05. The zero-order valence-corrected chi connectivity index (χ0v) is 16.3. The molecule has 134 valence electrons. The largest absolute Gasteiger partial charge is 0.350 e. The van der Waals surface area contributed by atoms with E-state index < -0.39 is 0 Å². The molecule has 0 spiro atoms. The van der Waals surface area contributed by atoms with Crippen molar-refractivity contribution in [3.63, 3.8) is 0 Å². The Morgan fingerprint density at radius 1 is 1.30 bits per heavy atom. The van der Waals surface area contributed by atoms with Crippen LogP contribution in [0.1, 0.15) is 5.69 Å². The molecule has 0 N–H and O–H groups in total. The van der Waals surface area contributed by atoms with Crippen molar-refractivity contribution in [3.8, 4) is 21.1 Å². The van der Waals surface area contributed by atoms with Gasteiger partial charge in [-0.25, -0.2) is 15.0 Å². The number of nitrogens with zero attached hydrogens (tertiary/aromatic N) is 6. The van der Waals surface area contributed by atoms with Gasteiger partial charge in [0.05, 0.1) is 16.1 Å². The minimum Gasteiger partial charge on any atom is -0.350 e. The van der Waals surface area contributed by atoms with Crippen LogP contribution in [-0.4, -0.2) is 39.1 Å². The minimum atomic E-state index is 0.410. The predicted molar refractivity (Wildman–Crippen MR) is 112 cm³/mol. The van der Waals surface area contributed by atoms with E-state index in [1.54, 1.807) is 19.4 Å². The molecule has 4 aromatic heterocycles. The Labute approximate surface area is 164 Å². The first-order valence-corrected chi connectivity index (χ1v) is 9.29. The minimum absolute atomic E-state index is 0.410. The van der Waals surface area contributed by atoms with Crippen LogP contribution in [0.4, 0.5) is 0 Å². The third-order valence-electron chi connectivity index (χ3n) is 4.18. The normalized spacial score (nSPS) is 11.9. The molecule has 8 heteroatoms. The molecule has 0 aliphatic rings. The lowest BCUT2D eigenvalue weighted by Crippen LogP contribution is -2.03. The number of pyridine rings is 2. The SMILES string of the molecule is C=NC(=NC)c1nc(-c2sc(-c3cccnc3)nc2Cl)cc2c1ccn2C. The van der Waals surface area contributed by atoms with Crippen molar-refractivity contribution in [3.05, 3.63) is 53.7 Å². The van der Waals surface area contributed by atoms with Gasteiger partial charge >= 0.3 is 0 Å². The number of aromatic nitrogens is 4.